The predicted molar refractivity (Wildman–Crippen MR) is 84.7 cm³/mol. The Morgan fingerprint density at radius 1 is 1.15 bits per heavy atom. The minimum atomic E-state index is 0.577. The normalized spacial score (nSPS) is 34.8. The van der Waals surface area contributed by atoms with Gasteiger partial charge in [0.05, 0.1) is 13.2 Å². The summed E-state index contributed by atoms with van der Waals surface area (Å²) < 4.78 is 5.42. The molecule has 3 unspecified atom stereocenters. The lowest BCUT2D eigenvalue weighted by Gasteiger charge is -2.41. The second-order valence-corrected chi connectivity index (χ2v) is 7.71. The molecule has 1 heteroatoms. The van der Waals surface area contributed by atoms with E-state index in [0.717, 1.165) is 31.0 Å². The van der Waals surface area contributed by atoms with E-state index in [9.17, 15) is 0 Å². The van der Waals surface area contributed by atoms with Crippen molar-refractivity contribution in [1.29, 1.82) is 0 Å². The number of allylic oxidation sites excluding steroid dienone is 2. The van der Waals surface area contributed by atoms with Gasteiger partial charge in [-0.15, -0.1) is 0 Å². The van der Waals surface area contributed by atoms with Gasteiger partial charge in [-0.2, -0.15) is 0 Å². The minimum absolute atomic E-state index is 0.577. The molecule has 0 bridgehead atoms. The number of fused-ring (bicyclic) bond motifs is 1. The number of rotatable bonds is 7. The van der Waals surface area contributed by atoms with E-state index in [1.807, 2.05) is 0 Å². The Labute approximate surface area is 125 Å². The first-order chi connectivity index (χ1) is 9.81. The number of hydrogen-bond donors (Lipinski definition) is 0. The number of unbranched alkanes of at least 4 members (excludes halogenated alkanes) is 2. The average molecular weight is 276 g/mol. The number of hydrogen-bond acceptors (Lipinski definition) is 1. The van der Waals surface area contributed by atoms with Crippen molar-refractivity contribution in [2.45, 2.75) is 71.1 Å². The molecule has 1 aliphatic heterocycles. The molecule has 1 heterocycles. The quantitative estimate of drug-likeness (QED) is 0.449. The van der Waals surface area contributed by atoms with Crippen LogP contribution in [0, 0.1) is 23.2 Å². The van der Waals surface area contributed by atoms with Crippen molar-refractivity contribution in [2.75, 3.05) is 13.2 Å². The highest BCUT2D eigenvalue weighted by Gasteiger charge is 2.35. The fourth-order valence-corrected chi connectivity index (χ4v) is 4.63. The highest BCUT2D eigenvalue weighted by atomic mass is 16.5. The van der Waals surface area contributed by atoms with Gasteiger partial charge in [-0.3, -0.25) is 0 Å². The molecule has 0 amide bonds. The highest BCUT2D eigenvalue weighted by Crippen LogP contribution is 2.42. The van der Waals surface area contributed by atoms with Crippen LogP contribution in [0.3, 0.4) is 0 Å². The minimum Gasteiger partial charge on any atom is -0.380 e. The summed E-state index contributed by atoms with van der Waals surface area (Å²) in [6.07, 6.45) is 19.4. The van der Waals surface area contributed by atoms with Gasteiger partial charge in [0.1, 0.15) is 0 Å². The molecular weight excluding hydrogens is 244 g/mol. The zero-order valence-electron chi connectivity index (χ0n) is 13.3. The molecule has 0 N–H and O–H groups in total. The summed E-state index contributed by atoms with van der Waals surface area (Å²) in [6.45, 7) is 4.39. The average Bonchev–Trinajstić information content (AvgIpc) is 2.88. The molecule has 2 fully saturated rings. The van der Waals surface area contributed by atoms with Crippen molar-refractivity contribution in [3.05, 3.63) is 12.2 Å². The first kappa shape index (κ1) is 14.6. The smallest absolute Gasteiger partial charge is 0.0544 e. The van der Waals surface area contributed by atoms with Crippen LogP contribution in [-0.4, -0.2) is 13.2 Å². The van der Waals surface area contributed by atoms with Gasteiger partial charge in [0.15, 0.2) is 0 Å². The van der Waals surface area contributed by atoms with Crippen LogP contribution in [0.2, 0.25) is 0 Å². The standard InChI is InChI=1S/C19H32O/c1-2-19(14-20-15-19)12-5-3-4-7-16-10-11-17-8-6-9-18(17)13-16/h6,8,16-18H,2-5,7,9-15H2,1H3. The van der Waals surface area contributed by atoms with Gasteiger partial charge in [-0.25, -0.2) is 0 Å². The van der Waals surface area contributed by atoms with Crippen LogP contribution in [0.25, 0.3) is 0 Å². The van der Waals surface area contributed by atoms with Crippen LogP contribution in [0.1, 0.15) is 71.1 Å². The maximum absolute atomic E-state index is 5.42. The summed E-state index contributed by atoms with van der Waals surface area (Å²) in [7, 11) is 0. The Kier molecular flexibility index (Phi) is 4.86. The van der Waals surface area contributed by atoms with Crippen molar-refractivity contribution in [1.82, 2.24) is 0 Å². The Morgan fingerprint density at radius 2 is 2.05 bits per heavy atom. The molecule has 114 valence electrons. The Bertz CT molecular complexity index is 323. The van der Waals surface area contributed by atoms with Gasteiger partial charge in [0.25, 0.3) is 0 Å². The molecule has 3 atom stereocenters. The van der Waals surface area contributed by atoms with Crippen molar-refractivity contribution in [3.8, 4) is 0 Å². The molecule has 0 aromatic heterocycles. The van der Waals surface area contributed by atoms with Crippen molar-refractivity contribution in [2.24, 2.45) is 23.2 Å². The first-order valence-electron chi connectivity index (χ1n) is 9.06. The van der Waals surface area contributed by atoms with Crippen molar-refractivity contribution < 1.29 is 4.74 Å². The van der Waals surface area contributed by atoms with Gasteiger partial charge < -0.3 is 4.74 Å². The van der Waals surface area contributed by atoms with Crippen LogP contribution in [0.4, 0.5) is 0 Å². The molecule has 20 heavy (non-hydrogen) atoms. The molecule has 1 saturated heterocycles. The van der Waals surface area contributed by atoms with Crippen molar-refractivity contribution in [3.63, 3.8) is 0 Å². The van der Waals surface area contributed by atoms with E-state index >= 15 is 0 Å². The van der Waals surface area contributed by atoms with E-state index in [-0.39, 0.29) is 0 Å². The maximum atomic E-state index is 5.42. The zero-order valence-corrected chi connectivity index (χ0v) is 13.3. The third-order valence-corrected chi connectivity index (χ3v) is 6.36. The Hall–Kier alpha value is -0.300. The van der Waals surface area contributed by atoms with E-state index in [1.165, 1.54) is 64.2 Å². The topological polar surface area (TPSA) is 9.23 Å². The third-order valence-electron chi connectivity index (χ3n) is 6.36. The zero-order chi connectivity index (χ0) is 13.8. The summed E-state index contributed by atoms with van der Waals surface area (Å²) >= 11 is 0. The molecular formula is C19H32O. The molecule has 0 spiro atoms. The van der Waals surface area contributed by atoms with Gasteiger partial charge in [0, 0.05) is 5.41 Å². The van der Waals surface area contributed by atoms with E-state index in [1.54, 1.807) is 0 Å². The molecule has 3 aliphatic rings. The maximum Gasteiger partial charge on any atom is 0.0544 e. The summed E-state index contributed by atoms with van der Waals surface area (Å²) in [5, 5.41) is 0. The molecule has 0 radical (unpaired) electrons. The van der Waals surface area contributed by atoms with E-state index in [4.69, 9.17) is 4.74 Å². The van der Waals surface area contributed by atoms with Crippen LogP contribution >= 0.6 is 0 Å². The molecule has 3 rings (SSSR count). The van der Waals surface area contributed by atoms with Crippen molar-refractivity contribution >= 4 is 0 Å². The van der Waals surface area contributed by atoms with Gasteiger partial charge in [-0.05, 0) is 56.3 Å². The highest BCUT2D eigenvalue weighted by molar-refractivity contribution is 5.03. The second-order valence-electron chi connectivity index (χ2n) is 7.71. The first-order valence-corrected chi connectivity index (χ1v) is 9.06. The lowest BCUT2D eigenvalue weighted by atomic mass is 9.74. The van der Waals surface area contributed by atoms with E-state index in [2.05, 4.69) is 19.1 Å². The van der Waals surface area contributed by atoms with Crippen LogP contribution in [0.15, 0.2) is 12.2 Å². The molecule has 1 nitrogen and oxygen atoms in total. The predicted octanol–water partition coefficient (Wildman–Crippen LogP) is 5.36. The monoisotopic (exact) mass is 276 g/mol. The second kappa shape index (κ2) is 6.64. The lowest BCUT2D eigenvalue weighted by Crippen LogP contribution is -2.41. The summed E-state index contributed by atoms with van der Waals surface area (Å²) in [5.41, 5.74) is 0.577. The lowest BCUT2D eigenvalue weighted by molar-refractivity contribution is -0.120. The summed E-state index contributed by atoms with van der Waals surface area (Å²) in [5.74, 6) is 3.02. The van der Waals surface area contributed by atoms with Gasteiger partial charge in [-0.1, -0.05) is 44.8 Å². The molecule has 0 aromatic carbocycles. The summed E-state index contributed by atoms with van der Waals surface area (Å²) in [4.78, 5) is 0. The Balaban J connectivity index is 1.27. The number of ether oxygens (including phenoxy) is 1. The van der Waals surface area contributed by atoms with E-state index < -0.39 is 0 Å². The fourth-order valence-electron chi connectivity index (χ4n) is 4.63. The molecule has 0 aromatic rings. The van der Waals surface area contributed by atoms with Crippen LogP contribution in [-0.2, 0) is 4.74 Å². The van der Waals surface area contributed by atoms with Gasteiger partial charge >= 0.3 is 0 Å². The van der Waals surface area contributed by atoms with Crippen LogP contribution < -0.4 is 0 Å². The largest absolute Gasteiger partial charge is 0.380 e. The van der Waals surface area contributed by atoms with E-state index in [0.29, 0.717) is 5.41 Å². The van der Waals surface area contributed by atoms with Gasteiger partial charge in [0.2, 0.25) is 0 Å². The third kappa shape index (κ3) is 3.30. The SMILES string of the molecule is CCC1(CCCCCC2CCC3C=CCC3C2)COC1. The van der Waals surface area contributed by atoms with Crippen LogP contribution in [0.5, 0.6) is 0 Å². The fraction of sp³-hybridized carbons (Fsp3) is 0.895. The Morgan fingerprint density at radius 3 is 2.80 bits per heavy atom. The molecule has 1 saturated carbocycles. The molecule has 2 aliphatic carbocycles. The summed E-state index contributed by atoms with van der Waals surface area (Å²) in [6, 6.07) is 0.